The van der Waals surface area contributed by atoms with Crippen molar-refractivity contribution in [3.05, 3.63) is 35.4 Å². The number of ketones is 3. The first kappa shape index (κ1) is 30.4. The van der Waals surface area contributed by atoms with Crippen LogP contribution in [-0.4, -0.2) is 59.5 Å². The van der Waals surface area contributed by atoms with Crippen LogP contribution in [0.3, 0.4) is 0 Å². The van der Waals surface area contributed by atoms with Gasteiger partial charge in [-0.2, -0.15) is 0 Å². The number of fused-ring (bicyclic) bond motifs is 2. The van der Waals surface area contributed by atoms with E-state index in [-0.39, 0.29) is 60.2 Å². The van der Waals surface area contributed by atoms with Gasteiger partial charge in [-0.25, -0.2) is 4.79 Å². The second-order valence-electron chi connectivity index (χ2n) is 14.1. The first-order valence-electron chi connectivity index (χ1n) is 15.8. The van der Waals surface area contributed by atoms with Gasteiger partial charge in [-0.05, 0) is 65.4 Å². The maximum Gasteiger partial charge on any atom is 0.407 e. The van der Waals surface area contributed by atoms with Crippen LogP contribution in [0.1, 0.15) is 77.8 Å². The number of rotatable bonds is 13. The lowest BCUT2D eigenvalue weighted by atomic mass is 9.85. The molecule has 0 spiro atoms. The standard InChI is InChI=1S/C34H46N2O6/c1-6-26(37)31(39)24(13-20-11-12-20)16-27(38)30-28-25(34(28,4)5)17-36(30)32(40)29(35-33(41)42-18-19(2)3)23-14-21-9-7-8-10-22(21)15-23/h7-10,19-20,23-25,28-30H,6,11-18H2,1-5H3,(H,35,41)/t24?,25-,28-,29-,30+/m0/s1. The van der Waals surface area contributed by atoms with Gasteiger partial charge in [-0.3, -0.25) is 19.2 Å². The number of carbonyl (C=O) groups excluding carboxylic acids is 5. The Kier molecular flexibility index (Phi) is 8.64. The highest BCUT2D eigenvalue weighted by Crippen LogP contribution is 2.65. The Hall–Kier alpha value is -3.03. The number of alkyl carbamates (subject to hydrolysis) is 1. The van der Waals surface area contributed by atoms with Crippen LogP contribution >= 0.6 is 0 Å². The fraction of sp³-hybridized carbons (Fsp3) is 0.676. The summed E-state index contributed by atoms with van der Waals surface area (Å²) in [5.41, 5.74) is 2.24. The lowest BCUT2D eigenvalue weighted by molar-refractivity contribution is -0.144. The molecule has 1 aromatic carbocycles. The first-order valence-corrected chi connectivity index (χ1v) is 15.8. The summed E-state index contributed by atoms with van der Waals surface area (Å²) in [4.78, 5) is 68.4. The molecule has 3 aliphatic carbocycles. The van der Waals surface area contributed by atoms with Gasteiger partial charge in [0.25, 0.3) is 0 Å². The van der Waals surface area contributed by atoms with Crippen molar-refractivity contribution < 1.29 is 28.7 Å². The molecular weight excluding hydrogens is 532 g/mol. The Morgan fingerprint density at radius 1 is 1.05 bits per heavy atom. The highest BCUT2D eigenvalue weighted by molar-refractivity contribution is 6.38. The van der Waals surface area contributed by atoms with E-state index in [0.717, 1.165) is 24.0 Å². The van der Waals surface area contributed by atoms with Crippen molar-refractivity contribution in [2.24, 2.45) is 40.9 Å². The summed E-state index contributed by atoms with van der Waals surface area (Å²) in [7, 11) is 0. The molecule has 0 radical (unpaired) electrons. The zero-order valence-corrected chi connectivity index (χ0v) is 25.7. The van der Waals surface area contributed by atoms with Crippen molar-refractivity contribution in [2.75, 3.05) is 13.2 Å². The first-order chi connectivity index (χ1) is 19.9. The molecule has 1 aromatic rings. The molecule has 1 heterocycles. The fourth-order valence-electron chi connectivity index (χ4n) is 7.49. The van der Waals surface area contributed by atoms with Crippen LogP contribution in [0, 0.1) is 40.9 Å². The Bertz CT molecular complexity index is 1230. The molecule has 5 atom stereocenters. The van der Waals surface area contributed by atoms with Crippen LogP contribution in [0.4, 0.5) is 4.79 Å². The maximum atomic E-state index is 14.4. The molecule has 4 aliphatic rings. The second kappa shape index (κ2) is 11.9. The van der Waals surface area contributed by atoms with E-state index in [4.69, 9.17) is 4.74 Å². The van der Waals surface area contributed by atoms with Crippen molar-refractivity contribution in [3.63, 3.8) is 0 Å². The third-order valence-corrected chi connectivity index (χ3v) is 10.2. The normalized spacial score (nSPS) is 25.4. The third kappa shape index (κ3) is 6.18. The highest BCUT2D eigenvalue weighted by Gasteiger charge is 2.69. The van der Waals surface area contributed by atoms with E-state index in [1.54, 1.807) is 11.8 Å². The molecule has 8 nitrogen and oxygen atoms in total. The van der Waals surface area contributed by atoms with E-state index in [1.807, 2.05) is 26.0 Å². The summed E-state index contributed by atoms with van der Waals surface area (Å²) >= 11 is 0. The molecule has 2 saturated carbocycles. The number of benzene rings is 1. The lowest BCUT2D eigenvalue weighted by Gasteiger charge is -2.35. The van der Waals surface area contributed by atoms with Gasteiger partial charge in [0, 0.05) is 25.3 Å². The molecule has 228 valence electrons. The van der Waals surface area contributed by atoms with Gasteiger partial charge in [0.05, 0.1) is 12.6 Å². The summed E-state index contributed by atoms with van der Waals surface area (Å²) in [6.07, 6.45) is 3.39. The van der Waals surface area contributed by atoms with Crippen molar-refractivity contribution in [1.29, 1.82) is 0 Å². The Balaban J connectivity index is 1.38. The predicted octanol–water partition coefficient (Wildman–Crippen LogP) is 4.56. The number of piperidine rings is 1. The Morgan fingerprint density at radius 3 is 2.26 bits per heavy atom. The summed E-state index contributed by atoms with van der Waals surface area (Å²) in [6, 6.07) is 6.58. The zero-order chi connectivity index (χ0) is 30.3. The number of likely N-dealkylation sites (tertiary alicyclic amines) is 1. The average molecular weight is 579 g/mol. The molecule has 1 saturated heterocycles. The molecule has 2 amide bonds. The van der Waals surface area contributed by atoms with Crippen LogP contribution in [0.15, 0.2) is 24.3 Å². The maximum absolute atomic E-state index is 14.4. The average Bonchev–Trinajstić information content (AvgIpc) is 3.71. The largest absolute Gasteiger partial charge is 0.449 e. The van der Waals surface area contributed by atoms with Gasteiger partial charge in [-0.15, -0.1) is 0 Å². The van der Waals surface area contributed by atoms with Crippen LogP contribution in [-0.2, 0) is 36.8 Å². The van der Waals surface area contributed by atoms with Gasteiger partial charge in [-0.1, -0.05) is 71.7 Å². The van der Waals surface area contributed by atoms with Crippen molar-refractivity contribution in [3.8, 4) is 0 Å². The molecule has 3 fully saturated rings. The quantitative estimate of drug-likeness (QED) is 0.344. The van der Waals surface area contributed by atoms with E-state index in [1.165, 1.54) is 0 Å². The number of amides is 2. The lowest BCUT2D eigenvalue weighted by Crippen LogP contribution is -2.56. The smallest absolute Gasteiger partial charge is 0.407 e. The van der Waals surface area contributed by atoms with E-state index >= 15 is 0 Å². The van der Waals surface area contributed by atoms with Crippen molar-refractivity contribution >= 4 is 29.4 Å². The number of Topliss-reactive ketones (excluding diaryl/α,β-unsaturated/α-hetero) is 3. The fourth-order valence-corrected chi connectivity index (χ4v) is 7.49. The molecule has 8 heteroatoms. The van der Waals surface area contributed by atoms with Crippen molar-refractivity contribution in [1.82, 2.24) is 10.2 Å². The van der Waals surface area contributed by atoms with Gasteiger partial charge in [0.2, 0.25) is 11.7 Å². The van der Waals surface area contributed by atoms with Gasteiger partial charge >= 0.3 is 6.09 Å². The topological polar surface area (TPSA) is 110 Å². The molecule has 0 bridgehead atoms. The van der Waals surface area contributed by atoms with Crippen LogP contribution < -0.4 is 5.32 Å². The minimum atomic E-state index is -0.835. The zero-order valence-electron chi connectivity index (χ0n) is 25.7. The van der Waals surface area contributed by atoms with E-state index in [9.17, 15) is 24.0 Å². The number of carbonyl (C=O) groups is 5. The summed E-state index contributed by atoms with van der Waals surface area (Å²) < 4.78 is 5.42. The molecule has 1 unspecified atom stereocenters. The van der Waals surface area contributed by atoms with Crippen LogP contribution in [0.25, 0.3) is 0 Å². The molecule has 1 N–H and O–H groups in total. The van der Waals surface area contributed by atoms with Crippen LogP contribution in [0.2, 0.25) is 0 Å². The number of hydrogen-bond donors (Lipinski definition) is 1. The van der Waals surface area contributed by atoms with Crippen LogP contribution in [0.5, 0.6) is 0 Å². The molecule has 5 rings (SSSR count). The highest BCUT2D eigenvalue weighted by atomic mass is 16.5. The third-order valence-electron chi connectivity index (χ3n) is 10.2. The summed E-state index contributed by atoms with van der Waals surface area (Å²) in [6.45, 7) is 10.5. The van der Waals surface area contributed by atoms with Crippen molar-refractivity contribution in [2.45, 2.75) is 91.6 Å². The molecule has 0 aromatic heterocycles. The monoisotopic (exact) mass is 578 g/mol. The SMILES string of the molecule is CCC(=O)C(=O)C(CC(=O)[C@@H]1[C@@H]2[C@H](CN1C(=O)[C@@H](NC(=O)OCC(C)C)C1Cc3ccccc3C1)C2(C)C)CC1CC1. The number of nitrogens with zero attached hydrogens (tertiary/aromatic N) is 1. The Morgan fingerprint density at radius 2 is 1.69 bits per heavy atom. The number of nitrogens with one attached hydrogen (secondary N) is 1. The summed E-state index contributed by atoms with van der Waals surface area (Å²) in [5.74, 6) is -1.34. The Labute approximate surface area is 249 Å². The van der Waals surface area contributed by atoms with E-state index in [2.05, 4.69) is 31.3 Å². The number of ether oxygens (including phenoxy) is 1. The van der Waals surface area contributed by atoms with Gasteiger partial charge in [0.15, 0.2) is 11.6 Å². The van der Waals surface area contributed by atoms with E-state index in [0.29, 0.717) is 31.7 Å². The molecule has 1 aliphatic heterocycles. The second-order valence-corrected chi connectivity index (χ2v) is 14.1. The molecule has 42 heavy (non-hydrogen) atoms. The number of hydrogen-bond acceptors (Lipinski definition) is 6. The minimum Gasteiger partial charge on any atom is -0.449 e. The van der Waals surface area contributed by atoms with E-state index < -0.39 is 35.7 Å². The van der Waals surface area contributed by atoms with Gasteiger partial charge < -0.3 is 15.0 Å². The van der Waals surface area contributed by atoms with Gasteiger partial charge in [0.1, 0.15) is 6.04 Å². The minimum absolute atomic E-state index is 0.00169. The summed E-state index contributed by atoms with van der Waals surface area (Å²) in [5, 5.41) is 2.89. The molecular formula is C34H46N2O6. The predicted molar refractivity (Wildman–Crippen MR) is 157 cm³/mol.